The Morgan fingerprint density at radius 1 is 0.368 bits per heavy atom. The fourth-order valence-electron chi connectivity index (χ4n) is 8.74. The van der Waals surface area contributed by atoms with E-state index >= 15 is 0 Å². The molecule has 0 unspecified atom stereocenters. The molecule has 0 fully saturated rings. The normalized spacial score (nSPS) is 11.9. The van der Waals surface area contributed by atoms with Gasteiger partial charge in [-0.25, -0.2) is 9.97 Å². The molecular weight excluding hydrogens is 713 g/mol. The molecule has 0 N–H and O–H groups in total. The van der Waals surface area contributed by atoms with Gasteiger partial charge in [-0.05, 0) is 53.6 Å². The third kappa shape index (κ3) is 4.99. The van der Waals surface area contributed by atoms with Gasteiger partial charge in [0.05, 0.1) is 27.8 Å². The van der Waals surface area contributed by atoms with Gasteiger partial charge in [-0.2, -0.15) is 0 Å². The molecule has 12 aromatic rings. The Morgan fingerprint density at radius 3 is 1.67 bits per heavy atom. The maximum absolute atomic E-state index is 5.44. The molecule has 0 aliphatic heterocycles. The summed E-state index contributed by atoms with van der Waals surface area (Å²) in [5, 5.41) is 7.29. The molecule has 0 saturated carbocycles. The molecule has 0 atom stereocenters. The van der Waals surface area contributed by atoms with Crippen LogP contribution in [0, 0.1) is 0 Å². The quantitative estimate of drug-likeness (QED) is 0.176. The van der Waals surface area contributed by atoms with Gasteiger partial charge in [-0.15, -0.1) is 11.3 Å². The fraction of sp³-hybridized carbons (Fsp3) is 0. The number of thiophene rings is 1. The van der Waals surface area contributed by atoms with E-state index in [0.29, 0.717) is 5.82 Å². The Bertz CT molecular complexity index is 3500. The van der Waals surface area contributed by atoms with Crippen molar-refractivity contribution < 1.29 is 0 Å². The first kappa shape index (κ1) is 32.0. The van der Waals surface area contributed by atoms with Crippen LogP contribution in [0.25, 0.3) is 109 Å². The average Bonchev–Trinajstić information content (AvgIpc) is 3.93. The predicted molar refractivity (Wildman–Crippen MR) is 240 cm³/mol. The third-order valence-corrected chi connectivity index (χ3v) is 12.6. The number of nitrogens with zero attached hydrogens (tertiary/aromatic N) is 4. The number of fused-ring (bicyclic) bond motifs is 9. The fourth-order valence-corrected chi connectivity index (χ4v) is 9.96. The van der Waals surface area contributed by atoms with Crippen LogP contribution in [0.2, 0.25) is 0 Å². The number of hydrogen-bond donors (Lipinski definition) is 0. The molecule has 4 heterocycles. The van der Waals surface area contributed by atoms with Gasteiger partial charge in [0.25, 0.3) is 0 Å². The van der Waals surface area contributed by atoms with Gasteiger partial charge in [-0.3, -0.25) is 4.57 Å². The van der Waals surface area contributed by atoms with E-state index in [-0.39, 0.29) is 0 Å². The summed E-state index contributed by atoms with van der Waals surface area (Å²) in [6.07, 6.45) is 0. The summed E-state index contributed by atoms with van der Waals surface area (Å²) in [6.45, 7) is 0. The first-order chi connectivity index (χ1) is 28.3. The van der Waals surface area contributed by atoms with Crippen LogP contribution in [0.3, 0.4) is 0 Å². The van der Waals surface area contributed by atoms with Crippen molar-refractivity contribution in [2.45, 2.75) is 0 Å². The first-order valence-electron chi connectivity index (χ1n) is 19.2. The molecule has 0 spiro atoms. The highest BCUT2D eigenvalue weighted by molar-refractivity contribution is 7.26. The number of hydrogen-bond acceptors (Lipinski definition) is 3. The zero-order valence-corrected chi connectivity index (χ0v) is 31.5. The van der Waals surface area contributed by atoms with E-state index in [9.17, 15) is 0 Å². The summed E-state index contributed by atoms with van der Waals surface area (Å²) in [7, 11) is 0. The van der Waals surface area contributed by atoms with E-state index in [0.717, 1.165) is 44.9 Å². The predicted octanol–water partition coefficient (Wildman–Crippen LogP) is 14.0. The lowest BCUT2D eigenvalue weighted by Gasteiger charge is -2.13. The minimum Gasteiger partial charge on any atom is -0.309 e. The number of para-hydroxylation sites is 3. The van der Waals surface area contributed by atoms with Crippen molar-refractivity contribution in [2.75, 3.05) is 0 Å². The van der Waals surface area contributed by atoms with E-state index in [4.69, 9.17) is 9.97 Å². The van der Waals surface area contributed by atoms with Crippen LogP contribution in [0.15, 0.2) is 194 Å². The maximum Gasteiger partial charge on any atom is 0.162 e. The molecule has 0 aliphatic rings. The van der Waals surface area contributed by atoms with Crippen LogP contribution in [-0.4, -0.2) is 19.1 Å². The summed E-state index contributed by atoms with van der Waals surface area (Å²) in [6, 6.07) is 69.5. The first-order valence-corrected chi connectivity index (χ1v) is 20.1. The van der Waals surface area contributed by atoms with Gasteiger partial charge in [0.2, 0.25) is 0 Å². The average molecular weight is 745 g/mol. The van der Waals surface area contributed by atoms with Gasteiger partial charge in [0.1, 0.15) is 5.82 Å². The van der Waals surface area contributed by atoms with Crippen molar-refractivity contribution in [3.8, 4) is 45.3 Å². The lowest BCUT2D eigenvalue weighted by atomic mass is 10.0. The van der Waals surface area contributed by atoms with E-state index in [1.165, 1.54) is 58.3 Å². The summed E-state index contributed by atoms with van der Waals surface area (Å²) >= 11 is 1.83. The summed E-state index contributed by atoms with van der Waals surface area (Å²) < 4.78 is 7.23. The molecule has 266 valence electrons. The molecule has 0 amide bonds. The van der Waals surface area contributed by atoms with Crippen LogP contribution in [-0.2, 0) is 0 Å². The zero-order chi connectivity index (χ0) is 37.5. The van der Waals surface area contributed by atoms with Crippen molar-refractivity contribution >= 4 is 75.1 Å². The molecule has 12 rings (SSSR count). The Morgan fingerprint density at radius 2 is 0.930 bits per heavy atom. The molecule has 0 saturated heterocycles. The van der Waals surface area contributed by atoms with Crippen molar-refractivity contribution in [2.24, 2.45) is 0 Å². The summed E-state index contributed by atoms with van der Waals surface area (Å²) in [5.41, 5.74) is 11.0. The Kier molecular flexibility index (Phi) is 7.06. The molecule has 0 bridgehead atoms. The van der Waals surface area contributed by atoms with Crippen molar-refractivity contribution in [1.29, 1.82) is 0 Å². The Labute approximate surface area is 332 Å². The lowest BCUT2D eigenvalue weighted by molar-refractivity contribution is 1.05. The number of aromatic nitrogens is 4. The van der Waals surface area contributed by atoms with Gasteiger partial charge in [0.15, 0.2) is 5.82 Å². The molecule has 0 aliphatic carbocycles. The highest BCUT2D eigenvalue weighted by Gasteiger charge is 2.21. The third-order valence-electron chi connectivity index (χ3n) is 11.4. The van der Waals surface area contributed by atoms with E-state index in [1.54, 1.807) is 0 Å². The van der Waals surface area contributed by atoms with Crippen LogP contribution in [0.5, 0.6) is 0 Å². The van der Waals surface area contributed by atoms with Gasteiger partial charge in [-0.1, -0.05) is 146 Å². The van der Waals surface area contributed by atoms with Crippen LogP contribution in [0.1, 0.15) is 0 Å². The second kappa shape index (κ2) is 12.6. The molecule has 4 aromatic heterocycles. The summed E-state index contributed by atoms with van der Waals surface area (Å²) in [5.74, 6) is 1.52. The Balaban J connectivity index is 1.15. The number of rotatable bonds is 5. The SMILES string of the molecule is c1ccc(-c2ccc(-c3nc(-c4cccc5c4sc4ccccc45)cc(-n4c5ccccc5c5cc6c(cc54)c4ccccc4n6-c4ccccc4)n3)cc2)cc1. The van der Waals surface area contributed by atoms with Crippen LogP contribution >= 0.6 is 11.3 Å². The highest BCUT2D eigenvalue weighted by Crippen LogP contribution is 2.42. The van der Waals surface area contributed by atoms with Crippen molar-refractivity contribution in [1.82, 2.24) is 19.1 Å². The zero-order valence-electron chi connectivity index (χ0n) is 30.7. The molecule has 0 radical (unpaired) electrons. The van der Waals surface area contributed by atoms with E-state index < -0.39 is 0 Å². The molecular formula is C52H32N4S. The van der Waals surface area contributed by atoms with Gasteiger partial charge in [0, 0.05) is 64.6 Å². The molecule has 4 nitrogen and oxygen atoms in total. The highest BCUT2D eigenvalue weighted by atomic mass is 32.1. The minimum atomic E-state index is 0.688. The second-order valence-electron chi connectivity index (χ2n) is 14.6. The van der Waals surface area contributed by atoms with Gasteiger partial charge < -0.3 is 4.57 Å². The minimum absolute atomic E-state index is 0.688. The number of benzene rings is 8. The molecule has 57 heavy (non-hydrogen) atoms. The largest absolute Gasteiger partial charge is 0.309 e. The standard InChI is InChI=1S/C52H32N4S/c1-3-14-33(15-4-1)34-26-28-35(29-27-34)52-53-44(41-22-13-21-40-39-20-9-12-25-49(39)57-51(40)41)32-50(54-52)56-46-24-11-8-19-38(46)43-30-47-42(31-48(43)56)37-18-7-10-23-45(37)55(47)36-16-5-2-6-17-36/h1-32H. The van der Waals surface area contributed by atoms with Crippen LogP contribution < -0.4 is 0 Å². The molecule has 5 heteroatoms. The van der Waals surface area contributed by atoms with Gasteiger partial charge >= 0.3 is 0 Å². The van der Waals surface area contributed by atoms with Crippen LogP contribution in [0.4, 0.5) is 0 Å². The van der Waals surface area contributed by atoms with E-state index in [1.807, 2.05) is 11.3 Å². The second-order valence-corrected chi connectivity index (χ2v) is 15.6. The molecule has 8 aromatic carbocycles. The lowest BCUT2D eigenvalue weighted by Crippen LogP contribution is -2.02. The monoisotopic (exact) mass is 744 g/mol. The van der Waals surface area contributed by atoms with Crippen molar-refractivity contribution in [3.05, 3.63) is 194 Å². The topological polar surface area (TPSA) is 35.6 Å². The van der Waals surface area contributed by atoms with E-state index in [2.05, 4.69) is 203 Å². The smallest absolute Gasteiger partial charge is 0.162 e. The maximum atomic E-state index is 5.44. The summed E-state index contributed by atoms with van der Waals surface area (Å²) in [4.78, 5) is 10.8. The van der Waals surface area contributed by atoms with Crippen molar-refractivity contribution in [3.63, 3.8) is 0 Å². The Hall–Kier alpha value is -7.34.